The number of allylic oxidation sites excluding steroid dienone is 1. The summed E-state index contributed by atoms with van der Waals surface area (Å²) in [6, 6.07) is 15.3. The SMILES string of the molecule is COc1ccc([C@H]2C(C(=O)OC(C)C)=C(C)N=c3s/c(=C/c4cc(C)n(-c5cc(C)cc(C)c5)c4C)c(=O)n32)cc1. The van der Waals surface area contributed by atoms with E-state index < -0.39 is 12.0 Å². The molecule has 2 aromatic carbocycles. The Hall–Kier alpha value is -4.17. The summed E-state index contributed by atoms with van der Waals surface area (Å²) in [7, 11) is 1.60. The van der Waals surface area contributed by atoms with Gasteiger partial charge in [-0.05, 0) is 107 Å². The number of methoxy groups -OCH3 is 1. The van der Waals surface area contributed by atoms with Crippen molar-refractivity contribution in [2.75, 3.05) is 7.11 Å². The van der Waals surface area contributed by atoms with E-state index >= 15 is 0 Å². The standard InChI is InChI=1S/C33H35N3O4S/c1-18(2)40-32(38)29-22(6)34-33-36(30(29)24-9-11-27(39-8)12-10-24)31(37)28(41-33)17-25-16-21(5)35(23(25)7)26-14-19(3)13-20(4)15-26/h9-18,30H,1-8H3/b28-17+/t30-/m0/s1. The third kappa shape index (κ3) is 5.32. The Balaban J connectivity index is 1.68. The average molecular weight is 570 g/mol. The van der Waals surface area contributed by atoms with Crippen molar-refractivity contribution in [3.05, 3.63) is 113 Å². The zero-order chi connectivity index (χ0) is 29.6. The third-order valence-corrected chi connectivity index (χ3v) is 8.22. The van der Waals surface area contributed by atoms with Gasteiger partial charge in [-0.1, -0.05) is 29.5 Å². The fourth-order valence-electron chi connectivity index (χ4n) is 5.51. The van der Waals surface area contributed by atoms with Crippen molar-refractivity contribution < 1.29 is 14.3 Å². The number of thiazole rings is 1. The topological polar surface area (TPSA) is 74.8 Å². The number of aryl methyl sites for hydroxylation is 3. The molecule has 1 aliphatic heterocycles. The number of carbonyl (C=O) groups is 1. The molecule has 8 heteroatoms. The zero-order valence-corrected chi connectivity index (χ0v) is 25.6. The van der Waals surface area contributed by atoms with Crippen LogP contribution in [-0.4, -0.2) is 28.3 Å². The van der Waals surface area contributed by atoms with Gasteiger partial charge in [0.15, 0.2) is 4.80 Å². The lowest BCUT2D eigenvalue weighted by Crippen LogP contribution is -2.40. The fourth-order valence-corrected chi connectivity index (χ4v) is 6.55. The number of hydrogen-bond donors (Lipinski definition) is 0. The van der Waals surface area contributed by atoms with Crippen LogP contribution in [0.15, 0.2) is 69.6 Å². The molecular weight excluding hydrogens is 534 g/mol. The number of rotatable bonds is 6. The highest BCUT2D eigenvalue weighted by Gasteiger charge is 2.33. The van der Waals surface area contributed by atoms with Crippen LogP contribution in [0.25, 0.3) is 11.8 Å². The van der Waals surface area contributed by atoms with Crippen LogP contribution in [0.1, 0.15) is 60.5 Å². The summed E-state index contributed by atoms with van der Waals surface area (Å²) in [6.07, 6.45) is 1.62. The van der Waals surface area contributed by atoms with Crippen molar-refractivity contribution in [3.8, 4) is 11.4 Å². The van der Waals surface area contributed by atoms with Gasteiger partial charge in [0.1, 0.15) is 5.75 Å². The first-order chi connectivity index (χ1) is 19.5. The van der Waals surface area contributed by atoms with Crippen LogP contribution in [-0.2, 0) is 9.53 Å². The molecular formula is C33H35N3O4S. The number of fused-ring (bicyclic) bond motifs is 1. The van der Waals surface area contributed by atoms with Gasteiger partial charge >= 0.3 is 5.97 Å². The van der Waals surface area contributed by atoms with Crippen LogP contribution >= 0.6 is 11.3 Å². The third-order valence-electron chi connectivity index (χ3n) is 7.24. The lowest BCUT2D eigenvalue weighted by molar-refractivity contribution is -0.143. The number of hydrogen-bond acceptors (Lipinski definition) is 6. The van der Waals surface area contributed by atoms with Gasteiger partial charge in [0.25, 0.3) is 5.56 Å². The molecule has 1 atom stereocenters. The maximum Gasteiger partial charge on any atom is 0.338 e. The summed E-state index contributed by atoms with van der Waals surface area (Å²) >= 11 is 1.33. The van der Waals surface area contributed by atoms with Gasteiger partial charge in [-0.3, -0.25) is 9.36 Å². The molecule has 0 N–H and O–H groups in total. The molecule has 0 saturated carbocycles. The number of carbonyl (C=O) groups excluding carboxylic acids is 1. The van der Waals surface area contributed by atoms with E-state index in [9.17, 15) is 9.59 Å². The molecule has 0 spiro atoms. The smallest absolute Gasteiger partial charge is 0.338 e. The van der Waals surface area contributed by atoms with E-state index in [1.807, 2.05) is 30.3 Å². The summed E-state index contributed by atoms with van der Waals surface area (Å²) < 4.78 is 15.3. The van der Waals surface area contributed by atoms with Crippen molar-refractivity contribution in [3.63, 3.8) is 0 Å². The van der Waals surface area contributed by atoms with E-state index in [1.165, 1.54) is 22.5 Å². The molecule has 1 aliphatic rings. The summed E-state index contributed by atoms with van der Waals surface area (Å²) in [4.78, 5) is 32.6. The van der Waals surface area contributed by atoms with Crippen molar-refractivity contribution in [1.29, 1.82) is 0 Å². The van der Waals surface area contributed by atoms with Crippen LogP contribution < -0.4 is 19.6 Å². The lowest BCUT2D eigenvalue weighted by Gasteiger charge is -2.25. The lowest BCUT2D eigenvalue weighted by atomic mass is 9.96. The summed E-state index contributed by atoms with van der Waals surface area (Å²) in [6.45, 7) is 13.7. The molecule has 212 valence electrons. The Morgan fingerprint density at radius 3 is 2.27 bits per heavy atom. The Labute approximate surface area is 243 Å². The second kappa shape index (κ2) is 11.0. The van der Waals surface area contributed by atoms with E-state index in [4.69, 9.17) is 14.5 Å². The summed E-state index contributed by atoms with van der Waals surface area (Å²) in [5.41, 5.74) is 8.05. The van der Waals surface area contributed by atoms with Crippen LogP contribution in [0, 0.1) is 27.7 Å². The van der Waals surface area contributed by atoms with Gasteiger partial charge in [0.05, 0.1) is 35.1 Å². The minimum absolute atomic E-state index is 0.201. The Kier molecular flexibility index (Phi) is 7.62. The molecule has 0 saturated heterocycles. The maximum atomic E-state index is 14.1. The van der Waals surface area contributed by atoms with Crippen molar-refractivity contribution >= 4 is 23.4 Å². The molecule has 0 unspecified atom stereocenters. The van der Waals surface area contributed by atoms with E-state index in [0.29, 0.717) is 26.4 Å². The molecule has 5 rings (SSSR count). The molecule has 0 fully saturated rings. The first-order valence-corrected chi connectivity index (χ1v) is 14.4. The molecule has 0 radical (unpaired) electrons. The normalized spacial score (nSPS) is 15.2. The van der Waals surface area contributed by atoms with E-state index in [1.54, 1.807) is 32.4 Å². The van der Waals surface area contributed by atoms with Gasteiger partial charge in [-0.2, -0.15) is 0 Å². The summed E-state index contributed by atoms with van der Waals surface area (Å²) in [5, 5.41) is 0. The number of ether oxygens (including phenoxy) is 2. The van der Waals surface area contributed by atoms with Gasteiger partial charge in [0.2, 0.25) is 0 Å². The number of nitrogens with zero attached hydrogens (tertiary/aromatic N) is 3. The molecule has 3 heterocycles. The maximum absolute atomic E-state index is 14.1. The highest BCUT2D eigenvalue weighted by Crippen LogP contribution is 2.32. The molecule has 0 aliphatic carbocycles. The molecule has 0 bridgehead atoms. The molecule has 7 nitrogen and oxygen atoms in total. The highest BCUT2D eigenvalue weighted by atomic mass is 32.1. The van der Waals surface area contributed by atoms with E-state index in [-0.39, 0.29) is 11.7 Å². The second-order valence-electron chi connectivity index (χ2n) is 10.8. The summed E-state index contributed by atoms with van der Waals surface area (Å²) in [5.74, 6) is 0.209. The van der Waals surface area contributed by atoms with Gasteiger partial charge in [-0.15, -0.1) is 0 Å². The van der Waals surface area contributed by atoms with Gasteiger partial charge in [-0.25, -0.2) is 9.79 Å². The zero-order valence-electron chi connectivity index (χ0n) is 24.7. The van der Waals surface area contributed by atoms with Crippen LogP contribution in [0.3, 0.4) is 0 Å². The first-order valence-electron chi connectivity index (χ1n) is 13.6. The minimum Gasteiger partial charge on any atom is -0.497 e. The minimum atomic E-state index is -0.673. The predicted octanol–water partition coefficient (Wildman–Crippen LogP) is 5.22. The van der Waals surface area contributed by atoms with E-state index in [0.717, 1.165) is 28.2 Å². The second-order valence-corrected chi connectivity index (χ2v) is 11.8. The monoisotopic (exact) mass is 569 g/mol. The van der Waals surface area contributed by atoms with Crippen LogP contribution in [0.4, 0.5) is 0 Å². The van der Waals surface area contributed by atoms with Crippen LogP contribution in [0.5, 0.6) is 5.75 Å². The van der Waals surface area contributed by atoms with Crippen molar-refractivity contribution in [1.82, 2.24) is 9.13 Å². The van der Waals surface area contributed by atoms with Gasteiger partial charge < -0.3 is 14.0 Å². The van der Waals surface area contributed by atoms with Crippen molar-refractivity contribution in [2.45, 2.75) is 60.6 Å². The van der Waals surface area contributed by atoms with Crippen LogP contribution in [0.2, 0.25) is 0 Å². The first kappa shape index (κ1) is 28.4. The molecule has 2 aromatic heterocycles. The average Bonchev–Trinajstić information content (AvgIpc) is 3.36. The fraction of sp³-hybridized carbons (Fsp3) is 0.303. The molecule has 4 aromatic rings. The van der Waals surface area contributed by atoms with Crippen molar-refractivity contribution in [2.24, 2.45) is 4.99 Å². The number of esters is 1. The van der Waals surface area contributed by atoms with E-state index in [2.05, 4.69) is 56.5 Å². The number of aromatic nitrogens is 2. The number of benzene rings is 2. The molecule has 41 heavy (non-hydrogen) atoms. The quantitative estimate of drug-likeness (QED) is 0.299. The Morgan fingerprint density at radius 2 is 1.66 bits per heavy atom. The predicted molar refractivity (Wildman–Crippen MR) is 163 cm³/mol. The Morgan fingerprint density at radius 1 is 1.00 bits per heavy atom. The van der Waals surface area contributed by atoms with Gasteiger partial charge in [0, 0.05) is 17.1 Å². The molecule has 0 amide bonds. The largest absolute Gasteiger partial charge is 0.497 e. The highest BCUT2D eigenvalue weighted by molar-refractivity contribution is 7.07. The Bertz CT molecular complexity index is 1850.